The van der Waals surface area contributed by atoms with E-state index in [-0.39, 0.29) is 5.88 Å². The molecule has 0 aliphatic carbocycles. The summed E-state index contributed by atoms with van der Waals surface area (Å²) in [4.78, 5) is 8.20. The van der Waals surface area contributed by atoms with Gasteiger partial charge in [0.05, 0.1) is 24.3 Å². The average Bonchev–Trinajstić information content (AvgIpc) is 2.54. The van der Waals surface area contributed by atoms with E-state index in [0.717, 1.165) is 22.4 Å². The van der Waals surface area contributed by atoms with Crippen LogP contribution in [0.2, 0.25) is 0 Å². The molecule has 0 amide bonds. The predicted molar refractivity (Wildman–Crippen MR) is 82.9 cm³/mol. The van der Waals surface area contributed by atoms with Crippen LogP contribution in [0.15, 0.2) is 42.6 Å². The number of benzene rings is 2. The van der Waals surface area contributed by atoms with Crippen molar-refractivity contribution in [3.63, 3.8) is 0 Å². The summed E-state index contributed by atoms with van der Waals surface area (Å²) in [6.07, 6.45) is 1.20. The summed E-state index contributed by atoms with van der Waals surface area (Å²) in [5.41, 5.74) is 4.10. The number of hydrogen-bond donors (Lipinski definition) is 0. The lowest BCUT2D eigenvalue weighted by molar-refractivity contribution is -0.0528. The third kappa shape index (κ3) is 3.21. The van der Waals surface area contributed by atoms with E-state index in [1.54, 1.807) is 13.2 Å². The second kappa shape index (κ2) is 6.16. The van der Waals surface area contributed by atoms with Crippen molar-refractivity contribution in [2.45, 2.75) is 13.5 Å². The molecular formula is C17H14F2N2O2. The van der Waals surface area contributed by atoms with E-state index in [2.05, 4.69) is 14.7 Å². The van der Waals surface area contributed by atoms with E-state index < -0.39 is 6.61 Å². The van der Waals surface area contributed by atoms with Crippen LogP contribution in [-0.4, -0.2) is 23.7 Å². The van der Waals surface area contributed by atoms with Crippen LogP contribution < -0.4 is 9.47 Å². The van der Waals surface area contributed by atoms with Gasteiger partial charge in [-0.05, 0) is 47.9 Å². The number of ether oxygens (including phenoxy) is 2. The van der Waals surface area contributed by atoms with E-state index in [4.69, 9.17) is 4.74 Å². The van der Waals surface area contributed by atoms with Gasteiger partial charge in [-0.2, -0.15) is 8.78 Å². The highest BCUT2D eigenvalue weighted by atomic mass is 19.3. The molecule has 4 nitrogen and oxygen atoms in total. The lowest BCUT2D eigenvalue weighted by atomic mass is 9.99. The predicted octanol–water partition coefficient (Wildman–Crippen LogP) is 4.22. The summed E-state index contributed by atoms with van der Waals surface area (Å²) in [5.74, 6) is 0.588. The fourth-order valence-corrected chi connectivity index (χ4v) is 2.38. The Kier molecular flexibility index (Phi) is 4.06. The SMILES string of the molecule is COc1ccc(-c2cc3ncc(OC(F)F)nc3cc2C)cc1. The maximum Gasteiger partial charge on any atom is 0.388 e. The molecule has 0 aliphatic heterocycles. The van der Waals surface area contributed by atoms with Crippen LogP contribution in [0.3, 0.4) is 0 Å². The topological polar surface area (TPSA) is 44.2 Å². The summed E-state index contributed by atoms with van der Waals surface area (Å²) in [5, 5.41) is 0. The Labute approximate surface area is 131 Å². The number of methoxy groups -OCH3 is 1. The third-order valence-corrected chi connectivity index (χ3v) is 3.48. The van der Waals surface area contributed by atoms with E-state index in [0.29, 0.717) is 11.0 Å². The molecule has 6 heteroatoms. The first kappa shape index (κ1) is 15.1. The summed E-state index contributed by atoms with van der Waals surface area (Å²) < 4.78 is 33.9. The van der Waals surface area contributed by atoms with Crippen LogP contribution in [0.25, 0.3) is 22.2 Å². The Hall–Kier alpha value is -2.76. The zero-order chi connectivity index (χ0) is 16.4. The van der Waals surface area contributed by atoms with Gasteiger partial charge in [-0.3, -0.25) is 0 Å². The van der Waals surface area contributed by atoms with Crippen molar-refractivity contribution < 1.29 is 18.3 Å². The molecule has 3 rings (SSSR count). The minimum atomic E-state index is -2.92. The highest BCUT2D eigenvalue weighted by Gasteiger charge is 2.10. The number of hydrogen-bond acceptors (Lipinski definition) is 4. The van der Waals surface area contributed by atoms with Crippen molar-refractivity contribution in [3.8, 4) is 22.8 Å². The van der Waals surface area contributed by atoms with Crippen LogP contribution in [0.5, 0.6) is 11.6 Å². The second-order valence-corrected chi connectivity index (χ2v) is 4.97. The first-order valence-electron chi connectivity index (χ1n) is 6.93. The van der Waals surface area contributed by atoms with Crippen molar-refractivity contribution in [3.05, 3.63) is 48.2 Å². The number of aryl methyl sites for hydroxylation is 1. The number of nitrogens with zero attached hydrogens (tertiary/aromatic N) is 2. The number of rotatable bonds is 4. The Morgan fingerprint density at radius 3 is 2.43 bits per heavy atom. The molecule has 23 heavy (non-hydrogen) atoms. The van der Waals surface area contributed by atoms with Gasteiger partial charge in [-0.25, -0.2) is 9.97 Å². The highest BCUT2D eigenvalue weighted by molar-refractivity contribution is 5.83. The smallest absolute Gasteiger partial charge is 0.388 e. The monoisotopic (exact) mass is 316 g/mol. The molecule has 1 heterocycles. The fraction of sp³-hybridized carbons (Fsp3) is 0.176. The number of fused-ring (bicyclic) bond motifs is 1. The summed E-state index contributed by atoms with van der Waals surface area (Å²) in [6.45, 7) is -0.983. The maximum atomic E-state index is 12.2. The zero-order valence-electron chi connectivity index (χ0n) is 12.6. The molecule has 0 radical (unpaired) electrons. The van der Waals surface area contributed by atoms with Crippen molar-refractivity contribution >= 4 is 11.0 Å². The molecular weight excluding hydrogens is 302 g/mol. The molecule has 0 saturated carbocycles. The number of alkyl halides is 2. The van der Waals surface area contributed by atoms with Crippen molar-refractivity contribution in [1.29, 1.82) is 0 Å². The maximum absolute atomic E-state index is 12.2. The molecule has 0 N–H and O–H groups in total. The Bertz CT molecular complexity index is 836. The normalized spacial score (nSPS) is 11.0. The molecule has 118 valence electrons. The zero-order valence-corrected chi connectivity index (χ0v) is 12.6. The minimum Gasteiger partial charge on any atom is -0.497 e. The van der Waals surface area contributed by atoms with Crippen molar-refractivity contribution in [2.24, 2.45) is 0 Å². The third-order valence-electron chi connectivity index (χ3n) is 3.48. The van der Waals surface area contributed by atoms with E-state index >= 15 is 0 Å². The Balaban J connectivity index is 2.03. The van der Waals surface area contributed by atoms with Crippen LogP contribution in [-0.2, 0) is 0 Å². The summed E-state index contributed by atoms with van der Waals surface area (Å²) >= 11 is 0. The van der Waals surface area contributed by atoms with Gasteiger partial charge in [0.2, 0.25) is 5.88 Å². The van der Waals surface area contributed by atoms with Gasteiger partial charge in [-0.15, -0.1) is 0 Å². The van der Waals surface area contributed by atoms with E-state index in [1.807, 2.05) is 37.3 Å². The number of halogens is 2. The largest absolute Gasteiger partial charge is 0.497 e. The first-order chi connectivity index (χ1) is 11.1. The standard InChI is InChI=1S/C17H14F2N2O2/c1-10-7-15-14(20-9-16(21-15)23-17(18)19)8-13(10)11-3-5-12(22-2)6-4-11/h3-9,17H,1-2H3. The van der Waals surface area contributed by atoms with Gasteiger partial charge in [0, 0.05) is 0 Å². The molecule has 0 fully saturated rings. The van der Waals surface area contributed by atoms with Gasteiger partial charge < -0.3 is 9.47 Å². The van der Waals surface area contributed by atoms with Crippen molar-refractivity contribution in [2.75, 3.05) is 7.11 Å². The molecule has 0 atom stereocenters. The average molecular weight is 316 g/mol. The highest BCUT2D eigenvalue weighted by Crippen LogP contribution is 2.29. The molecule has 0 unspecified atom stereocenters. The van der Waals surface area contributed by atoms with Crippen LogP contribution in [0.4, 0.5) is 8.78 Å². The summed E-state index contributed by atoms with van der Waals surface area (Å²) in [6, 6.07) is 11.4. The first-order valence-corrected chi connectivity index (χ1v) is 6.93. The molecule has 2 aromatic carbocycles. The van der Waals surface area contributed by atoms with Gasteiger partial charge in [0.25, 0.3) is 0 Å². The Morgan fingerprint density at radius 2 is 1.78 bits per heavy atom. The van der Waals surface area contributed by atoms with E-state index in [1.165, 1.54) is 6.20 Å². The molecule has 0 bridgehead atoms. The van der Waals surface area contributed by atoms with Crippen LogP contribution in [0.1, 0.15) is 5.56 Å². The Morgan fingerprint density at radius 1 is 1.04 bits per heavy atom. The van der Waals surface area contributed by atoms with Crippen molar-refractivity contribution in [1.82, 2.24) is 9.97 Å². The van der Waals surface area contributed by atoms with Gasteiger partial charge in [0.15, 0.2) is 0 Å². The van der Waals surface area contributed by atoms with E-state index in [9.17, 15) is 8.78 Å². The van der Waals surface area contributed by atoms with Gasteiger partial charge in [0.1, 0.15) is 5.75 Å². The lowest BCUT2D eigenvalue weighted by Gasteiger charge is -2.10. The number of aromatic nitrogens is 2. The molecule has 0 spiro atoms. The summed E-state index contributed by atoms with van der Waals surface area (Å²) in [7, 11) is 1.62. The minimum absolute atomic E-state index is 0.191. The molecule has 0 aliphatic rings. The quantitative estimate of drug-likeness (QED) is 0.723. The second-order valence-electron chi connectivity index (χ2n) is 4.97. The molecule has 0 saturated heterocycles. The lowest BCUT2D eigenvalue weighted by Crippen LogP contribution is -2.04. The van der Waals surface area contributed by atoms with Gasteiger partial charge in [-0.1, -0.05) is 12.1 Å². The fourth-order valence-electron chi connectivity index (χ4n) is 2.38. The van der Waals surface area contributed by atoms with Crippen LogP contribution in [0, 0.1) is 6.92 Å². The van der Waals surface area contributed by atoms with Crippen LogP contribution >= 0.6 is 0 Å². The molecule has 3 aromatic rings. The molecule has 1 aromatic heterocycles. The van der Waals surface area contributed by atoms with Gasteiger partial charge >= 0.3 is 6.61 Å².